The van der Waals surface area contributed by atoms with E-state index in [0.717, 1.165) is 16.6 Å². The summed E-state index contributed by atoms with van der Waals surface area (Å²) in [5, 5.41) is 5.96. The number of thioether (sulfide) groups is 1. The minimum atomic E-state index is -0.313. The molecule has 0 saturated heterocycles. The number of rotatable bonds is 5. The summed E-state index contributed by atoms with van der Waals surface area (Å²) >= 11 is 1.38. The van der Waals surface area contributed by atoms with Crippen LogP contribution in [0, 0.1) is 6.92 Å². The molecule has 2 amide bonds. The predicted octanol–water partition coefficient (Wildman–Crippen LogP) is 3.95. The van der Waals surface area contributed by atoms with Gasteiger partial charge in [0.2, 0.25) is 11.8 Å². The molecule has 134 valence electrons. The lowest BCUT2D eigenvalue weighted by atomic mass is 10.2. The van der Waals surface area contributed by atoms with E-state index >= 15 is 0 Å². The van der Waals surface area contributed by atoms with Gasteiger partial charge in [-0.15, -0.1) is 0 Å². The van der Waals surface area contributed by atoms with Gasteiger partial charge in [-0.1, -0.05) is 17.8 Å². The number of aromatic amines is 1. The van der Waals surface area contributed by atoms with Crippen molar-refractivity contribution in [2.45, 2.75) is 31.2 Å². The van der Waals surface area contributed by atoms with Crippen LogP contribution in [0.3, 0.4) is 0 Å². The van der Waals surface area contributed by atoms with Crippen molar-refractivity contribution in [3.8, 4) is 0 Å². The van der Waals surface area contributed by atoms with Crippen molar-refractivity contribution in [2.75, 3.05) is 10.6 Å². The van der Waals surface area contributed by atoms with E-state index in [4.69, 9.17) is 0 Å². The van der Waals surface area contributed by atoms with E-state index in [9.17, 15) is 9.59 Å². The number of H-pyrrole nitrogens is 1. The van der Waals surface area contributed by atoms with Crippen LogP contribution >= 0.6 is 11.8 Å². The van der Waals surface area contributed by atoms with Gasteiger partial charge in [-0.3, -0.25) is 9.59 Å². The monoisotopic (exact) mass is 368 g/mol. The largest absolute Gasteiger partial charge is 0.333 e. The van der Waals surface area contributed by atoms with Gasteiger partial charge < -0.3 is 15.6 Å². The third-order valence-electron chi connectivity index (χ3n) is 3.75. The molecule has 1 atom stereocenters. The van der Waals surface area contributed by atoms with Gasteiger partial charge in [-0.2, -0.15) is 0 Å². The third-order valence-corrected chi connectivity index (χ3v) is 4.73. The Bertz CT molecular complexity index is 950. The summed E-state index contributed by atoms with van der Waals surface area (Å²) in [5.74, 6) is -0.244. The number of carbonyl (C=O) groups is 2. The maximum absolute atomic E-state index is 12.4. The molecule has 0 saturated carbocycles. The summed E-state index contributed by atoms with van der Waals surface area (Å²) in [6.45, 7) is 5.32. The van der Waals surface area contributed by atoms with Crippen LogP contribution in [0.15, 0.2) is 47.6 Å². The number of amides is 2. The molecule has 26 heavy (non-hydrogen) atoms. The summed E-state index contributed by atoms with van der Waals surface area (Å²) < 4.78 is 0. The van der Waals surface area contributed by atoms with Gasteiger partial charge in [0.05, 0.1) is 16.3 Å². The fraction of sp³-hybridized carbons (Fsp3) is 0.211. The number of benzene rings is 2. The van der Waals surface area contributed by atoms with Gasteiger partial charge in [0, 0.05) is 18.3 Å². The van der Waals surface area contributed by atoms with Crippen LogP contribution in [0.5, 0.6) is 0 Å². The zero-order valence-corrected chi connectivity index (χ0v) is 15.6. The number of imidazole rings is 1. The molecule has 1 heterocycles. The van der Waals surface area contributed by atoms with Crippen molar-refractivity contribution in [3.05, 3.63) is 48.0 Å². The van der Waals surface area contributed by atoms with Crippen molar-refractivity contribution in [1.82, 2.24) is 9.97 Å². The second kappa shape index (κ2) is 7.61. The highest BCUT2D eigenvalue weighted by Gasteiger charge is 2.17. The summed E-state index contributed by atoms with van der Waals surface area (Å²) in [5.41, 5.74) is 4.38. The van der Waals surface area contributed by atoms with Crippen LogP contribution in [0.1, 0.15) is 19.4 Å². The topological polar surface area (TPSA) is 86.9 Å². The molecule has 0 bridgehead atoms. The molecule has 0 fully saturated rings. The number of nitrogens with zero attached hydrogens (tertiary/aromatic N) is 1. The quantitative estimate of drug-likeness (QED) is 0.595. The highest BCUT2D eigenvalue weighted by molar-refractivity contribution is 8.00. The van der Waals surface area contributed by atoms with Crippen LogP contribution in [-0.4, -0.2) is 27.0 Å². The Morgan fingerprint density at radius 1 is 1.08 bits per heavy atom. The molecule has 0 aliphatic carbocycles. The zero-order valence-electron chi connectivity index (χ0n) is 14.8. The Labute approximate surface area is 155 Å². The number of fused-ring (bicyclic) bond motifs is 1. The van der Waals surface area contributed by atoms with E-state index in [1.807, 2.05) is 32.0 Å². The first-order chi connectivity index (χ1) is 12.4. The Morgan fingerprint density at radius 2 is 1.73 bits per heavy atom. The highest BCUT2D eigenvalue weighted by Crippen LogP contribution is 2.25. The SMILES string of the molecule is CC(=O)Nc1ccc(NC(=O)[C@@H](C)Sc2nc3ccc(C)cc3[nH]2)cc1. The summed E-state index contributed by atoms with van der Waals surface area (Å²) in [7, 11) is 0. The molecule has 3 N–H and O–H groups in total. The number of aromatic nitrogens is 2. The first-order valence-corrected chi connectivity index (χ1v) is 9.10. The number of carbonyl (C=O) groups excluding carboxylic acids is 2. The van der Waals surface area contributed by atoms with Gasteiger partial charge in [0.15, 0.2) is 5.16 Å². The maximum atomic E-state index is 12.4. The van der Waals surface area contributed by atoms with Crippen molar-refractivity contribution >= 4 is 46.0 Å². The van der Waals surface area contributed by atoms with Gasteiger partial charge in [-0.05, 0) is 55.8 Å². The number of hydrogen-bond acceptors (Lipinski definition) is 4. The third kappa shape index (κ3) is 4.43. The van der Waals surface area contributed by atoms with Crippen LogP contribution in [-0.2, 0) is 9.59 Å². The second-order valence-corrected chi connectivity index (χ2v) is 7.40. The lowest BCUT2D eigenvalue weighted by molar-refractivity contribution is -0.115. The molecule has 7 heteroatoms. The van der Waals surface area contributed by atoms with E-state index < -0.39 is 0 Å². The summed E-state index contributed by atoms with van der Waals surface area (Å²) in [6, 6.07) is 13.0. The zero-order chi connectivity index (χ0) is 18.7. The Kier molecular flexibility index (Phi) is 5.27. The van der Waals surface area contributed by atoms with Gasteiger partial charge in [0.1, 0.15) is 0 Å². The Balaban J connectivity index is 1.62. The molecule has 3 aromatic rings. The molecular formula is C19H20N4O2S. The lowest BCUT2D eigenvalue weighted by Crippen LogP contribution is -2.22. The van der Waals surface area contributed by atoms with E-state index in [-0.39, 0.29) is 17.1 Å². The molecule has 0 unspecified atom stereocenters. The average Bonchev–Trinajstić information content (AvgIpc) is 2.97. The minimum Gasteiger partial charge on any atom is -0.333 e. The van der Waals surface area contributed by atoms with Gasteiger partial charge in [0.25, 0.3) is 0 Å². The van der Waals surface area contributed by atoms with E-state index in [0.29, 0.717) is 16.5 Å². The number of anilines is 2. The minimum absolute atomic E-state index is 0.112. The molecule has 0 aliphatic heterocycles. The molecule has 3 rings (SSSR count). The van der Waals surface area contributed by atoms with Crippen molar-refractivity contribution < 1.29 is 9.59 Å². The normalized spacial score (nSPS) is 12.0. The number of aryl methyl sites for hydroxylation is 1. The van der Waals surface area contributed by atoms with E-state index in [1.165, 1.54) is 18.7 Å². The summed E-state index contributed by atoms with van der Waals surface area (Å²) in [4.78, 5) is 31.2. The Morgan fingerprint density at radius 3 is 2.38 bits per heavy atom. The standard InChI is InChI=1S/C19H20N4O2S/c1-11-4-9-16-17(10-11)23-19(22-16)26-12(2)18(25)21-15-7-5-14(6-8-15)20-13(3)24/h4-10,12H,1-3H3,(H,20,24)(H,21,25)(H,22,23)/t12-/m1/s1. The second-order valence-electron chi connectivity index (χ2n) is 6.07. The highest BCUT2D eigenvalue weighted by atomic mass is 32.2. The van der Waals surface area contributed by atoms with Crippen LogP contribution in [0.2, 0.25) is 0 Å². The van der Waals surface area contributed by atoms with Crippen LogP contribution in [0.25, 0.3) is 11.0 Å². The van der Waals surface area contributed by atoms with Crippen molar-refractivity contribution in [3.63, 3.8) is 0 Å². The van der Waals surface area contributed by atoms with Crippen LogP contribution in [0.4, 0.5) is 11.4 Å². The maximum Gasteiger partial charge on any atom is 0.237 e. The Hall–Kier alpha value is -2.80. The van der Waals surface area contributed by atoms with Gasteiger partial charge >= 0.3 is 0 Å². The first-order valence-electron chi connectivity index (χ1n) is 8.22. The fourth-order valence-electron chi connectivity index (χ4n) is 2.46. The average molecular weight is 368 g/mol. The molecule has 0 aliphatic rings. The van der Waals surface area contributed by atoms with Crippen LogP contribution < -0.4 is 10.6 Å². The van der Waals surface area contributed by atoms with Crippen molar-refractivity contribution in [1.29, 1.82) is 0 Å². The first kappa shape index (κ1) is 18.0. The molecule has 1 aromatic heterocycles. The fourth-order valence-corrected chi connectivity index (χ4v) is 3.28. The summed E-state index contributed by atoms with van der Waals surface area (Å²) in [6.07, 6.45) is 0. The van der Waals surface area contributed by atoms with Crippen molar-refractivity contribution in [2.24, 2.45) is 0 Å². The molecule has 0 spiro atoms. The smallest absolute Gasteiger partial charge is 0.237 e. The predicted molar refractivity (Wildman–Crippen MR) is 106 cm³/mol. The number of nitrogens with one attached hydrogen (secondary N) is 3. The molecule has 2 aromatic carbocycles. The van der Waals surface area contributed by atoms with E-state index in [2.05, 4.69) is 20.6 Å². The molecule has 0 radical (unpaired) electrons. The lowest BCUT2D eigenvalue weighted by Gasteiger charge is -2.11. The molecule has 6 nitrogen and oxygen atoms in total. The number of hydrogen-bond donors (Lipinski definition) is 3. The molecular weight excluding hydrogens is 348 g/mol. The van der Waals surface area contributed by atoms with E-state index in [1.54, 1.807) is 24.3 Å². The van der Waals surface area contributed by atoms with Gasteiger partial charge in [-0.25, -0.2) is 4.98 Å².